The van der Waals surface area contributed by atoms with Crippen LogP contribution in [-0.2, 0) is 0 Å². The van der Waals surface area contributed by atoms with Gasteiger partial charge in [-0.1, -0.05) is 0 Å². The second kappa shape index (κ2) is 2.01. The summed E-state index contributed by atoms with van der Waals surface area (Å²) in [7, 11) is 0. The summed E-state index contributed by atoms with van der Waals surface area (Å²) in [5.41, 5.74) is 0. The Morgan fingerprint density at radius 1 is 1.00 bits per heavy atom. The summed E-state index contributed by atoms with van der Waals surface area (Å²) in [4.78, 5) is 1.88. The third-order valence-electron chi connectivity index (χ3n) is 1.58. The Kier molecular flexibility index (Phi) is 1.14. The first kappa shape index (κ1) is 6.26. The first-order valence-electron chi connectivity index (χ1n) is 3.21. The number of fused-ring (bicyclic) bond motifs is 1. The van der Waals surface area contributed by atoms with Gasteiger partial charge in [-0.3, -0.25) is 10.0 Å². The van der Waals surface area contributed by atoms with Crippen LogP contribution < -0.4 is 11.7 Å². The van der Waals surface area contributed by atoms with Crippen molar-refractivity contribution in [3.05, 3.63) is 36.8 Å². The van der Waals surface area contributed by atoms with E-state index in [-0.39, 0.29) is 0 Å². The van der Waals surface area contributed by atoms with Crippen LogP contribution in [0.1, 0.15) is 0 Å². The Morgan fingerprint density at radius 2 is 1.73 bits per heavy atom. The molecule has 5 nitrogen and oxygen atoms in total. The van der Waals surface area contributed by atoms with Gasteiger partial charge in [-0.2, -0.15) is 0 Å². The number of hydrogen-bond acceptors (Lipinski definition) is 5. The Balaban J connectivity index is 2.30. The molecule has 2 rings (SSSR count). The molecule has 4 N–H and O–H groups in total. The van der Waals surface area contributed by atoms with Crippen LogP contribution in [0, 0.1) is 0 Å². The van der Waals surface area contributed by atoms with E-state index in [1.807, 2.05) is 17.3 Å². The third kappa shape index (κ3) is 0.866. The van der Waals surface area contributed by atoms with E-state index in [2.05, 4.69) is 0 Å². The molecule has 0 saturated heterocycles. The fraction of sp³-hybridized carbons (Fsp3) is 0. The number of rotatable bonds is 0. The van der Waals surface area contributed by atoms with Crippen LogP contribution in [0.5, 0.6) is 0 Å². The van der Waals surface area contributed by atoms with Crippen molar-refractivity contribution >= 4 is 0 Å². The molecule has 0 aromatic carbocycles. The number of hydrogen-bond donors (Lipinski definition) is 2. The minimum atomic E-state index is 0.843. The van der Waals surface area contributed by atoms with Gasteiger partial charge in [-0.15, -0.1) is 0 Å². The molecule has 2 aliphatic rings. The maximum atomic E-state index is 5.57. The monoisotopic (exact) mass is 151 g/mol. The molecule has 0 atom stereocenters. The summed E-state index contributed by atoms with van der Waals surface area (Å²) >= 11 is 0. The van der Waals surface area contributed by atoms with E-state index in [1.165, 1.54) is 10.0 Å². The lowest BCUT2D eigenvalue weighted by atomic mass is 10.5. The standard InChI is InChI=1S/C6H9N5/c7-10-3-1-9-2-4-11(8)6(9)5-10/h1-5H,7-8H2. The fourth-order valence-corrected chi connectivity index (χ4v) is 1.01. The highest BCUT2D eigenvalue weighted by Gasteiger charge is 2.17. The highest BCUT2D eigenvalue weighted by molar-refractivity contribution is 5.19. The zero-order valence-corrected chi connectivity index (χ0v) is 5.88. The lowest BCUT2D eigenvalue weighted by Gasteiger charge is -2.24. The normalized spacial score (nSPS) is 20.9. The molecule has 0 aromatic heterocycles. The van der Waals surface area contributed by atoms with Crippen LogP contribution >= 0.6 is 0 Å². The van der Waals surface area contributed by atoms with Crippen molar-refractivity contribution in [1.29, 1.82) is 0 Å². The molecule has 0 spiro atoms. The quantitative estimate of drug-likeness (QED) is 0.453. The summed E-state index contributed by atoms with van der Waals surface area (Å²) in [5.74, 6) is 11.9. The van der Waals surface area contributed by atoms with Gasteiger partial charge in [0.1, 0.15) is 5.82 Å². The number of nitrogens with zero attached hydrogens (tertiary/aromatic N) is 3. The lowest BCUT2D eigenvalue weighted by molar-refractivity contribution is 0.374. The molecule has 0 radical (unpaired) electrons. The Bertz CT molecular complexity index is 254. The molecule has 5 heteroatoms. The molecule has 0 bridgehead atoms. The van der Waals surface area contributed by atoms with Gasteiger partial charge >= 0.3 is 0 Å². The van der Waals surface area contributed by atoms with E-state index in [1.54, 1.807) is 18.6 Å². The average Bonchev–Trinajstić information content (AvgIpc) is 2.33. The molecule has 0 aliphatic carbocycles. The number of hydrazine groups is 2. The molecule has 0 saturated carbocycles. The zero-order valence-electron chi connectivity index (χ0n) is 5.88. The molecule has 2 aliphatic heterocycles. The summed E-state index contributed by atoms with van der Waals surface area (Å²) in [6.07, 6.45) is 8.93. The summed E-state index contributed by atoms with van der Waals surface area (Å²) < 4.78 is 0. The first-order chi connectivity index (χ1) is 5.27. The van der Waals surface area contributed by atoms with E-state index < -0.39 is 0 Å². The van der Waals surface area contributed by atoms with Crippen LogP contribution in [0.15, 0.2) is 36.8 Å². The second-order valence-electron chi connectivity index (χ2n) is 2.35. The summed E-state index contributed by atoms with van der Waals surface area (Å²) in [6.45, 7) is 0. The molecule has 58 valence electrons. The van der Waals surface area contributed by atoms with Crippen molar-refractivity contribution in [2.24, 2.45) is 11.7 Å². The van der Waals surface area contributed by atoms with Crippen LogP contribution in [0.25, 0.3) is 0 Å². The smallest absolute Gasteiger partial charge is 0.149 e. The first-order valence-corrected chi connectivity index (χ1v) is 3.21. The molecule has 2 heterocycles. The highest BCUT2D eigenvalue weighted by Crippen LogP contribution is 2.19. The molecule has 0 fully saturated rings. The Labute approximate surface area is 64.4 Å². The van der Waals surface area contributed by atoms with Crippen LogP contribution in [-0.4, -0.2) is 14.9 Å². The predicted octanol–water partition coefficient (Wildman–Crippen LogP) is -0.592. The zero-order chi connectivity index (χ0) is 7.84. The largest absolute Gasteiger partial charge is 0.305 e. The van der Waals surface area contributed by atoms with E-state index in [0.717, 1.165) is 5.82 Å². The topological polar surface area (TPSA) is 61.8 Å². The van der Waals surface area contributed by atoms with Gasteiger partial charge in [0, 0.05) is 24.8 Å². The van der Waals surface area contributed by atoms with Crippen molar-refractivity contribution in [1.82, 2.24) is 14.9 Å². The Hall–Kier alpha value is -1.46. The van der Waals surface area contributed by atoms with Crippen LogP contribution in [0.2, 0.25) is 0 Å². The second-order valence-corrected chi connectivity index (χ2v) is 2.35. The maximum Gasteiger partial charge on any atom is 0.149 e. The van der Waals surface area contributed by atoms with Gasteiger partial charge in [0.05, 0.1) is 6.20 Å². The third-order valence-corrected chi connectivity index (χ3v) is 1.58. The van der Waals surface area contributed by atoms with Crippen molar-refractivity contribution in [3.63, 3.8) is 0 Å². The fourth-order valence-electron chi connectivity index (χ4n) is 1.01. The SMILES string of the molecule is NN1C=CN2C=CN(N)C2=C1. The van der Waals surface area contributed by atoms with Crippen LogP contribution in [0.4, 0.5) is 0 Å². The van der Waals surface area contributed by atoms with Gasteiger partial charge in [-0.05, 0) is 0 Å². The van der Waals surface area contributed by atoms with Crippen LogP contribution in [0.3, 0.4) is 0 Å². The minimum Gasteiger partial charge on any atom is -0.305 e. The average molecular weight is 151 g/mol. The molecule has 0 aromatic rings. The van der Waals surface area contributed by atoms with E-state index in [4.69, 9.17) is 11.7 Å². The van der Waals surface area contributed by atoms with Crippen molar-refractivity contribution < 1.29 is 0 Å². The number of nitrogens with two attached hydrogens (primary N) is 2. The van der Waals surface area contributed by atoms with Crippen molar-refractivity contribution in [2.45, 2.75) is 0 Å². The summed E-state index contributed by atoms with van der Waals surface area (Å²) in [6, 6.07) is 0. The molecule has 0 amide bonds. The van der Waals surface area contributed by atoms with Crippen molar-refractivity contribution in [3.8, 4) is 0 Å². The molecular formula is C6H9N5. The van der Waals surface area contributed by atoms with Crippen molar-refractivity contribution in [2.75, 3.05) is 0 Å². The highest BCUT2D eigenvalue weighted by atomic mass is 15.5. The van der Waals surface area contributed by atoms with E-state index in [9.17, 15) is 0 Å². The van der Waals surface area contributed by atoms with Gasteiger partial charge in [0.2, 0.25) is 0 Å². The Morgan fingerprint density at radius 3 is 2.55 bits per heavy atom. The molecule has 0 unspecified atom stereocenters. The minimum absolute atomic E-state index is 0.843. The van der Waals surface area contributed by atoms with Gasteiger partial charge in [0.25, 0.3) is 0 Å². The van der Waals surface area contributed by atoms with Gasteiger partial charge in [0.15, 0.2) is 0 Å². The molecular weight excluding hydrogens is 142 g/mol. The van der Waals surface area contributed by atoms with Gasteiger partial charge in [-0.25, -0.2) is 11.7 Å². The predicted molar refractivity (Wildman–Crippen MR) is 40.3 cm³/mol. The van der Waals surface area contributed by atoms with E-state index >= 15 is 0 Å². The molecule has 11 heavy (non-hydrogen) atoms. The van der Waals surface area contributed by atoms with E-state index in [0.29, 0.717) is 0 Å². The van der Waals surface area contributed by atoms with Gasteiger partial charge < -0.3 is 4.90 Å². The lowest BCUT2D eigenvalue weighted by Crippen LogP contribution is -2.32. The summed E-state index contributed by atoms with van der Waals surface area (Å²) in [5, 5.41) is 2.96. The maximum absolute atomic E-state index is 5.57.